The van der Waals surface area contributed by atoms with Crippen LogP contribution in [0.1, 0.15) is 41.9 Å². The molecule has 108 valence electrons. The zero-order chi connectivity index (χ0) is 14.5. The lowest BCUT2D eigenvalue weighted by Crippen LogP contribution is -2.24. The second kappa shape index (κ2) is 6.71. The topological polar surface area (TPSA) is 29.9 Å². The predicted molar refractivity (Wildman–Crippen MR) is 83.9 cm³/mol. The van der Waals surface area contributed by atoms with Gasteiger partial charge in [0.15, 0.2) is 0 Å². The van der Waals surface area contributed by atoms with Gasteiger partial charge in [-0.15, -0.1) is 0 Å². The highest BCUT2D eigenvalue weighted by molar-refractivity contribution is 5.29. The highest BCUT2D eigenvalue weighted by Crippen LogP contribution is 2.22. The van der Waals surface area contributed by atoms with E-state index in [1.54, 1.807) is 0 Å². The highest BCUT2D eigenvalue weighted by atomic mass is 15.3. The van der Waals surface area contributed by atoms with E-state index in [1.165, 1.54) is 16.8 Å². The minimum Gasteiger partial charge on any atom is -0.310 e. The molecule has 0 aliphatic heterocycles. The van der Waals surface area contributed by atoms with Gasteiger partial charge in [0.2, 0.25) is 0 Å². The molecule has 3 heteroatoms. The van der Waals surface area contributed by atoms with Gasteiger partial charge in [0.25, 0.3) is 0 Å². The summed E-state index contributed by atoms with van der Waals surface area (Å²) in [5.41, 5.74) is 5.12. The molecular formula is C17H25N3. The van der Waals surface area contributed by atoms with Gasteiger partial charge in [0, 0.05) is 18.8 Å². The van der Waals surface area contributed by atoms with E-state index >= 15 is 0 Å². The summed E-state index contributed by atoms with van der Waals surface area (Å²) in [5.74, 6) is 0. The standard InChI is InChI=1S/C17H25N3/c1-5-11-18-17(15-9-7-6-8-10-15)12-16-13(2)19-20(4)14(16)3/h6-10,17-18H,5,11-12H2,1-4H3. The predicted octanol–water partition coefficient (Wildman–Crippen LogP) is 3.32. The van der Waals surface area contributed by atoms with Gasteiger partial charge in [0.05, 0.1) is 5.69 Å². The fourth-order valence-corrected chi connectivity index (χ4v) is 2.63. The molecule has 1 N–H and O–H groups in total. The normalized spacial score (nSPS) is 12.6. The van der Waals surface area contributed by atoms with Crippen LogP contribution in [0.5, 0.6) is 0 Å². The molecule has 0 amide bonds. The van der Waals surface area contributed by atoms with Gasteiger partial charge in [-0.05, 0) is 44.4 Å². The van der Waals surface area contributed by atoms with Crippen LogP contribution in [0.25, 0.3) is 0 Å². The van der Waals surface area contributed by atoms with Crippen LogP contribution in [0, 0.1) is 13.8 Å². The fourth-order valence-electron chi connectivity index (χ4n) is 2.63. The van der Waals surface area contributed by atoms with Crippen LogP contribution in [0.2, 0.25) is 0 Å². The summed E-state index contributed by atoms with van der Waals surface area (Å²) in [4.78, 5) is 0. The molecule has 0 bridgehead atoms. The van der Waals surface area contributed by atoms with Crippen molar-refractivity contribution in [2.75, 3.05) is 6.54 Å². The molecule has 2 rings (SSSR count). The third-order valence-electron chi connectivity index (χ3n) is 3.91. The minimum atomic E-state index is 0.359. The van der Waals surface area contributed by atoms with Crippen LogP contribution in [-0.4, -0.2) is 16.3 Å². The number of rotatable bonds is 6. The third kappa shape index (κ3) is 3.28. The molecule has 1 atom stereocenters. The van der Waals surface area contributed by atoms with Crippen LogP contribution < -0.4 is 5.32 Å². The van der Waals surface area contributed by atoms with E-state index in [2.05, 4.69) is 61.5 Å². The summed E-state index contributed by atoms with van der Waals surface area (Å²) < 4.78 is 1.98. The Balaban J connectivity index is 2.24. The van der Waals surface area contributed by atoms with E-state index < -0.39 is 0 Å². The van der Waals surface area contributed by atoms with Crippen LogP contribution in [0.15, 0.2) is 30.3 Å². The highest BCUT2D eigenvalue weighted by Gasteiger charge is 2.16. The van der Waals surface area contributed by atoms with Crippen molar-refractivity contribution in [1.82, 2.24) is 15.1 Å². The average Bonchev–Trinajstić information content (AvgIpc) is 2.70. The summed E-state index contributed by atoms with van der Waals surface area (Å²) in [6.45, 7) is 7.49. The van der Waals surface area contributed by atoms with Crippen molar-refractivity contribution in [2.45, 2.75) is 39.7 Å². The Bertz CT molecular complexity index is 543. The molecular weight excluding hydrogens is 246 g/mol. The second-order valence-corrected chi connectivity index (χ2v) is 5.39. The van der Waals surface area contributed by atoms with Crippen molar-refractivity contribution in [3.05, 3.63) is 52.8 Å². The molecule has 1 heterocycles. The van der Waals surface area contributed by atoms with Crippen LogP contribution in [-0.2, 0) is 13.5 Å². The molecule has 3 nitrogen and oxygen atoms in total. The van der Waals surface area contributed by atoms with Gasteiger partial charge in [-0.25, -0.2) is 0 Å². The Labute approximate surface area is 122 Å². The molecule has 0 aliphatic carbocycles. The van der Waals surface area contributed by atoms with E-state index in [0.717, 1.165) is 25.1 Å². The third-order valence-corrected chi connectivity index (χ3v) is 3.91. The molecule has 1 aromatic heterocycles. The number of hydrogen-bond acceptors (Lipinski definition) is 2. The fraction of sp³-hybridized carbons (Fsp3) is 0.471. The number of hydrogen-bond donors (Lipinski definition) is 1. The van der Waals surface area contributed by atoms with Gasteiger partial charge in [-0.1, -0.05) is 37.3 Å². The Morgan fingerprint density at radius 2 is 1.90 bits per heavy atom. The lowest BCUT2D eigenvalue weighted by atomic mass is 9.97. The number of aryl methyl sites for hydroxylation is 2. The van der Waals surface area contributed by atoms with Gasteiger partial charge in [-0.3, -0.25) is 4.68 Å². The molecule has 2 aromatic rings. The Hall–Kier alpha value is -1.61. The Kier molecular flexibility index (Phi) is 4.96. The van der Waals surface area contributed by atoms with Crippen molar-refractivity contribution in [3.63, 3.8) is 0 Å². The Morgan fingerprint density at radius 3 is 2.45 bits per heavy atom. The number of benzene rings is 1. The van der Waals surface area contributed by atoms with E-state index in [-0.39, 0.29) is 0 Å². The molecule has 0 spiro atoms. The van der Waals surface area contributed by atoms with Crippen LogP contribution in [0.3, 0.4) is 0 Å². The first-order chi connectivity index (χ1) is 9.63. The van der Waals surface area contributed by atoms with E-state index in [1.807, 2.05) is 11.7 Å². The van der Waals surface area contributed by atoms with Crippen molar-refractivity contribution in [3.8, 4) is 0 Å². The molecule has 1 unspecified atom stereocenters. The number of aromatic nitrogens is 2. The molecule has 0 aliphatic rings. The van der Waals surface area contributed by atoms with Gasteiger partial charge in [-0.2, -0.15) is 5.10 Å². The minimum absolute atomic E-state index is 0.359. The summed E-state index contributed by atoms with van der Waals surface area (Å²) in [6.07, 6.45) is 2.14. The van der Waals surface area contributed by atoms with Crippen LogP contribution >= 0.6 is 0 Å². The molecule has 1 aromatic carbocycles. The second-order valence-electron chi connectivity index (χ2n) is 5.39. The number of nitrogens with one attached hydrogen (secondary N) is 1. The van der Waals surface area contributed by atoms with E-state index in [0.29, 0.717) is 6.04 Å². The lowest BCUT2D eigenvalue weighted by Gasteiger charge is -2.19. The van der Waals surface area contributed by atoms with Gasteiger partial charge in [0.1, 0.15) is 0 Å². The first-order valence-electron chi connectivity index (χ1n) is 7.40. The summed E-state index contributed by atoms with van der Waals surface area (Å²) in [5, 5.41) is 8.19. The molecule has 20 heavy (non-hydrogen) atoms. The quantitative estimate of drug-likeness (QED) is 0.873. The maximum absolute atomic E-state index is 4.53. The molecule has 0 fully saturated rings. The van der Waals surface area contributed by atoms with Crippen molar-refractivity contribution < 1.29 is 0 Å². The van der Waals surface area contributed by atoms with Crippen molar-refractivity contribution in [2.24, 2.45) is 7.05 Å². The molecule has 0 saturated heterocycles. The monoisotopic (exact) mass is 271 g/mol. The van der Waals surface area contributed by atoms with E-state index in [9.17, 15) is 0 Å². The van der Waals surface area contributed by atoms with Crippen molar-refractivity contribution in [1.29, 1.82) is 0 Å². The summed E-state index contributed by atoms with van der Waals surface area (Å²) in [7, 11) is 2.02. The van der Waals surface area contributed by atoms with Crippen LogP contribution in [0.4, 0.5) is 0 Å². The average molecular weight is 271 g/mol. The summed E-state index contributed by atoms with van der Waals surface area (Å²) in [6, 6.07) is 11.1. The maximum Gasteiger partial charge on any atom is 0.0629 e. The van der Waals surface area contributed by atoms with Gasteiger partial charge < -0.3 is 5.32 Å². The first-order valence-corrected chi connectivity index (χ1v) is 7.40. The maximum atomic E-state index is 4.53. The molecule has 0 saturated carbocycles. The summed E-state index contributed by atoms with van der Waals surface area (Å²) >= 11 is 0. The van der Waals surface area contributed by atoms with Crippen molar-refractivity contribution >= 4 is 0 Å². The number of nitrogens with zero attached hydrogens (tertiary/aromatic N) is 2. The Morgan fingerprint density at radius 1 is 1.20 bits per heavy atom. The first kappa shape index (κ1) is 14.8. The van der Waals surface area contributed by atoms with Gasteiger partial charge >= 0.3 is 0 Å². The molecule has 0 radical (unpaired) electrons. The SMILES string of the molecule is CCCNC(Cc1c(C)nn(C)c1C)c1ccccc1. The largest absolute Gasteiger partial charge is 0.310 e. The smallest absolute Gasteiger partial charge is 0.0629 e. The lowest BCUT2D eigenvalue weighted by molar-refractivity contribution is 0.527. The zero-order valence-electron chi connectivity index (χ0n) is 13.0. The zero-order valence-corrected chi connectivity index (χ0v) is 13.0. The van der Waals surface area contributed by atoms with E-state index in [4.69, 9.17) is 0 Å².